The van der Waals surface area contributed by atoms with Crippen LogP contribution in [0, 0.1) is 12.7 Å². The molecule has 186 valence electrons. The third-order valence-corrected chi connectivity index (χ3v) is 5.83. The average molecular weight is 499 g/mol. The van der Waals surface area contributed by atoms with Crippen molar-refractivity contribution in [3.05, 3.63) is 100 Å². The van der Waals surface area contributed by atoms with Gasteiger partial charge in [-0.15, -0.1) is 0 Å². The van der Waals surface area contributed by atoms with Gasteiger partial charge in [0.05, 0.1) is 23.8 Å². The van der Waals surface area contributed by atoms with Crippen LogP contribution in [-0.4, -0.2) is 23.4 Å². The number of nitrogens with zero attached hydrogens (tertiary/aromatic N) is 1. The lowest BCUT2D eigenvalue weighted by molar-refractivity contribution is -0.137. The van der Waals surface area contributed by atoms with Crippen molar-refractivity contribution in [1.82, 2.24) is 0 Å². The highest BCUT2D eigenvalue weighted by Gasteiger charge is 2.47. The number of alkyl halides is 3. The Morgan fingerprint density at radius 3 is 2.33 bits per heavy atom. The van der Waals surface area contributed by atoms with Gasteiger partial charge in [-0.05, 0) is 73.5 Å². The van der Waals surface area contributed by atoms with Crippen molar-refractivity contribution >= 4 is 23.1 Å². The van der Waals surface area contributed by atoms with E-state index < -0.39 is 41.0 Å². The topological polar surface area (TPSA) is 66.8 Å². The van der Waals surface area contributed by atoms with Gasteiger partial charge in [-0.3, -0.25) is 14.5 Å². The quantitative estimate of drug-likeness (QED) is 0.197. The number of anilines is 1. The molecular formula is C27H21F4NO4. The molecule has 1 saturated heterocycles. The summed E-state index contributed by atoms with van der Waals surface area (Å²) in [6.45, 7) is 3.96. The zero-order valence-electron chi connectivity index (χ0n) is 19.3. The zero-order valence-corrected chi connectivity index (χ0v) is 19.3. The van der Waals surface area contributed by atoms with E-state index in [1.807, 2.05) is 6.92 Å². The molecule has 3 aromatic carbocycles. The van der Waals surface area contributed by atoms with Crippen LogP contribution in [0.2, 0.25) is 0 Å². The lowest BCUT2D eigenvalue weighted by atomic mass is 9.94. The van der Waals surface area contributed by atoms with Gasteiger partial charge in [0.25, 0.3) is 11.7 Å². The molecule has 1 aliphatic rings. The largest absolute Gasteiger partial charge is 0.507 e. The number of ether oxygens (including phenoxy) is 1. The lowest BCUT2D eigenvalue weighted by Gasteiger charge is -2.26. The van der Waals surface area contributed by atoms with Crippen LogP contribution >= 0.6 is 0 Å². The summed E-state index contributed by atoms with van der Waals surface area (Å²) in [7, 11) is 0. The maximum absolute atomic E-state index is 13.7. The second-order valence-corrected chi connectivity index (χ2v) is 8.18. The molecule has 36 heavy (non-hydrogen) atoms. The lowest BCUT2D eigenvalue weighted by Crippen LogP contribution is -2.29. The second-order valence-electron chi connectivity index (χ2n) is 8.18. The molecule has 0 spiro atoms. The summed E-state index contributed by atoms with van der Waals surface area (Å²) in [4.78, 5) is 27.2. The molecule has 4 rings (SSSR count). The summed E-state index contributed by atoms with van der Waals surface area (Å²) >= 11 is 0. The number of hydrogen-bond acceptors (Lipinski definition) is 4. The van der Waals surface area contributed by atoms with Gasteiger partial charge in [0.1, 0.15) is 17.3 Å². The van der Waals surface area contributed by atoms with E-state index in [0.717, 1.165) is 35.2 Å². The van der Waals surface area contributed by atoms with Gasteiger partial charge in [-0.2, -0.15) is 13.2 Å². The van der Waals surface area contributed by atoms with Crippen molar-refractivity contribution in [2.45, 2.75) is 26.1 Å². The van der Waals surface area contributed by atoms with Crippen molar-refractivity contribution < 1.29 is 37.0 Å². The molecule has 3 aromatic rings. The van der Waals surface area contributed by atoms with Gasteiger partial charge >= 0.3 is 6.18 Å². The summed E-state index contributed by atoms with van der Waals surface area (Å²) in [5.41, 5.74) is -0.425. The Kier molecular flexibility index (Phi) is 6.58. The molecule has 1 aliphatic heterocycles. The maximum atomic E-state index is 13.7. The van der Waals surface area contributed by atoms with E-state index in [4.69, 9.17) is 4.74 Å². The predicted molar refractivity (Wildman–Crippen MR) is 125 cm³/mol. The third kappa shape index (κ3) is 4.56. The van der Waals surface area contributed by atoms with Crippen LogP contribution in [0.4, 0.5) is 23.2 Å². The summed E-state index contributed by atoms with van der Waals surface area (Å²) < 4.78 is 59.3. The van der Waals surface area contributed by atoms with Crippen LogP contribution in [0.3, 0.4) is 0 Å². The fraction of sp³-hybridized carbons (Fsp3) is 0.185. The molecule has 0 radical (unpaired) electrons. The van der Waals surface area contributed by atoms with E-state index in [0.29, 0.717) is 17.9 Å². The number of amides is 1. The Morgan fingerprint density at radius 2 is 1.72 bits per heavy atom. The number of aryl methyl sites for hydroxylation is 1. The SMILES string of the molecule is CCOc1ccc(/C(O)=C2\C(=O)C(=O)N(c3cccc(C(F)(F)F)c3)C2c2ccc(F)cc2)cc1C. The highest BCUT2D eigenvalue weighted by molar-refractivity contribution is 6.51. The highest BCUT2D eigenvalue weighted by Crippen LogP contribution is 2.43. The minimum absolute atomic E-state index is 0.192. The van der Waals surface area contributed by atoms with Crippen LogP contribution in [0.15, 0.2) is 72.3 Å². The smallest absolute Gasteiger partial charge is 0.416 e. The first-order valence-electron chi connectivity index (χ1n) is 11.0. The number of hydrogen-bond donors (Lipinski definition) is 1. The summed E-state index contributed by atoms with van der Waals surface area (Å²) in [6.07, 6.45) is -4.69. The molecule has 1 atom stereocenters. The minimum Gasteiger partial charge on any atom is -0.507 e. The van der Waals surface area contributed by atoms with Crippen LogP contribution < -0.4 is 9.64 Å². The van der Waals surface area contributed by atoms with E-state index in [2.05, 4.69) is 0 Å². The maximum Gasteiger partial charge on any atom is 0.416 e. The molecule has 0 saturated carbocycles. The van der Waals surface area contributed by atoms with Gasteiger partial charge in [0.2, 0.25) is 0 Å². The van der Waals surface area contributed by atoms with E-state index >= 15 is 0 Å². The molecule has 0 aliphatic carbocycles. The van der Waals surface area contributed by atoms with Crippen LogP contribution in [0.1, 0.15) is 35.2 Å². The number of benzene rings is 3. The third-order valence-electron chi connectivity index (χ3n) is 5.83. The first kappa shape index (κ1) is 25.0. The number of carbonyl (C=O) groups is 2. The number of halogens is 4. The molecule has 1 unspecified atom stereocenters. The first-order valence-corrected chi connectivity index (χ1v) is 11.0. The molecule has 1 fully saturated rings. The first-order chi connectivity index (χ1) is 17.0. The van der Waals surface area contributed by atoms with E-state index in [1.54, 1.807) is 19.1 Å². The van der Waals surface area contributed by atoms with Crippen LogP contribution in [0.25, 0.3) is 5.76 Å². The van der Waals surface area contributed by atoms with Gasteiger partial charge in [-0.1, -0.05) is 18.2 Å². The molecule has 0 aromatic heterocycles. The van der Waals surface area contributed by atoms with Crippen molar-refractivity contribution in [3.8, 4) is 5.75 Å². The van der Waals surface area contributed by atoms with Crippen molar-refractivity contribution in [2.24, 2.45) is 0 Å². The fourth-order valence-electron chi connectivity index (χ4n) is 4.16. The van der Waals surface area contributed by atoms with E-state index in [1.165, 1.54) is 24.3 Å². The number of ketones is 1. The van der Waals surface area contributed by atoms with Crippen molar-refractivity contribution in [3.63, 3.8) is 0 Å². The highest BCUT2D eigenvalue weighted by atomic mass is 19.4. The number of Topliss-reactive ketones (excluding diaryl/α,β-unsaturated/α-hetero) is 1. The van der Waals surface area contributed by atoms with Gasteiger partial charge < -0.3 is 9.84 Å². The normalized spacial score (nSPS) is 17.5. The summed E-state index contributed by atoms with van der Waals surface area (Å²) in [5, 5.41) is 11.2. The van der Waals surface area contributed by atoms with Gasteiger partial charge in [0.15, 0.2) is 0 Å². The zero-order chi connectivity index (χ0) is 26.2. The summed E-state index contributed by atoms with van der Waals surface area (Å²) in [6, 6.07) is 12.2. The monoisotopic (exact) mass is 499 g/mol. The Morgan fingerprint density at radius 1 is 1.03 bits per heavy atom. The van der Waals surface area contributed by atoms with Gasteiger partial charge in [0, 0.05) is 11.3 Å². The molecule has 5 nitrogen and oxygen atoms in total. The number of aliphatic hydroxyl groups excluding tert-OH is 1. The molecule has 9 heteroatoms. The van der Waals surface area contributed by atoms with Crippen molar-refractivity contribution in [2.75, 3.05) is 11.5 Å². The van der Waals surface area contributed by atoms with E-state index in [-0.39, 0.29) is 22.4 Å². The number of aliphatic hydroxyl groups is 1. The standard InChI is InChI=1S/C27H21F4NO4/c1-3-36-21-12-9-17(13-15(21)2)24(33)22-23(16-7-10-19(28)11-8-16)32(26(35)25(22)34)20-6-4-5-18(14-20)27(29,30)31/h4-14,23,33H,3H2,1-2H3/b24-22+. The number of rotatable bonds is 5. The number of carbonyl (C=O) groups excluding carboxylic acids is 2. The average Bonchev–Trinajstić information content (AvgIpc) is 3.10. The predicted octanol–water partition coefficient (Wildman–Crippen LogP) is 6.18. The fourth-order valence-corrected chi connectivity index (χ4v) is 4.16. The van der Waals surface area contributed by atoms with Crippen LogP contribution in [-0.2, 0) is 15.8 Å². The molecule has 1 amide bonds. The van der Waals surface area contributed by atoms with E-state index in [9.17, 15) is 32.3 Å². The molecule has 1 N–H and O–H groups in total. The Hall–Kier alpha value is -4.14. The minimum atomic E-state index is -4.69. The van der Waals surface area contributed by atoms with Crippen molar-refractivity contribution in [1.29, 1.82) is 0 Å². The molecule has 1 heterocycles. The Bertz CT molecular complexity index is 1360. The van der Waals surface area contributed by atoms with Gasteiger partial charge in [-0.25, -0.2) is 4.39 Å². The second kappa shape index (κ2) is 9.49. The molecule has 0 bridgehead atoms. The van der Waals surface area contributed by atoms with Crippen LogP contribution in [0.5, 0.6) is 5.75 Å². The Labute approximate surface area is 204 Å². The summed E-state index contributed by atoms with van der Waals surface area (Å²) in [5.74, 6) is -2.73. The molecular weight excluding hydrogens is 478 g/mol. The Balaban J connectivity index is 1.92.